The normalized spacial score (nSPS) is 18.3. The van der Waals surface area contributed by atoms with Crippen LogP contribution in [0.4, 0.5) is 5.69 Å². The maximum absolute atomic E-state index is 13.1. The summed E-state index contributed by atoms with van der Waals surface area (Å²) >= 11 is 0. The second kappa shape index (κ2) is 8.23. The van der Waals surface area contributed by atoms with Gasteiger partial charge in [-0.15, -0.1) is 0 Å². The Kier molecular flexibility index (Phi) is 5.79. The van der Waals surface area contributed by atoms with E-state index < -0.39 is 0 Å². The van der Waals surface area contributed by atoms with Gasteiger partial charge in [0.15, 0.2) is 0 Å². The second-order valence-corrected chi connectivity index (χ2v) is 6.67. The molecule has 1 unspecified atom stereocenters. The molecule has 1 saturated heterocycles. The summed E-state index contributed by atoms with van der Waals surface area (Å²) in [5.41, 5.74) is 2.11. The van der Waals surface area contributed by atoms with Crippen LogP contribution in [0.2, 0.25) is 0 Å². The molecule has 0 bridgehead atoms. The molecule has 25 heavy (non-hydrogen) atoms. The van der Waals surface area contributed by atoms with Crippen molar-refractivity contribution in [3.05, 3.63) is 60.4 Å². The Hall–Kier alpha value is -2.24. The molecule has 1 aromatic carbocycles. The highest BCUT2D eigenvalue weighted by atomic mass is 16.2. The molecule has 2 heterocycles. The minimum atomic E-state index is 0.120. The van der Waals surface area contributed by atoms with E-state index in [0.29, 0.717) is 6.54 Å². The van der Waals surface area contributed by atoms with Crippen molar-refractivity contribution in [1.29, 1.82) is 0 Å². The third kappa shape index (κ3) is 4.24. The molecule has 1 amide bonds. The zero-order chi connectivity index (χ0) is 17.6. The molecule has 0 aliphatic carbocycles. The number of anilines is 1. The monoisotopic (exact) mass is 338 g/mol. The van der Waals surface area contributed by atoms with E-state index >= 15 is 0 Å². The maximum atomic E-state index is 13.1. The molecule has 1 aliphatic rings. The summed E-state index contributed by atoms with van der Waals surface area (Å²) in [5.74, 6) is 0.136. The third-order valence-electron chi connectivity index (χ3n) is 4.58. The van der Waals surface area contributed by atoms with Crippen molar-refractivity contribution in [3.63, 3.8) is 0 Å². The summed E-state index contributed by atoms with van der Waals surface area (Å²) < 4.78 is 0. The number of hydrogen-bond donors (Lipinski definition) is 1. The standard InChI is InChI=1S/C20H26N4O/c1-16(2)24(18-8-4-3-5-9-18)20(25)15-23-12-11-22-14-19(23)17-7-6-10-21-13-17/h3-10,13,16,19,22H,11-12,14-15H2,1-2H3. The largest absolute Gasteiger partial charge is 0.314 e. The number of pyridine rings is 1. The second-order valence-electron chi connectivity index (χ2n) is 6.67. The smallest absolute Gasteiger partial charge is 0.241 e. The van der Waals surface area contributed by atoms with Crippen LogP contribution in [0.5, 0.6) is 0 Å². The molecule has 0 saturated carbocycles. The summed E-state index contributed by atoms with van der Waals surface area (Å²) in [6, 6.07) is 14.2. The Morgan fingerprint density at radius 2 is 2.08 bits per heavy atom. The summed E-state index contributed by atoms with van der Waals surface area (Å²) in [6.45, 7) is 7.12. The van der Waals surface area contributed by atoms with Crippen LogP contribution in [0.25, 0.3) is 0 Å². The number of piperazine rings is 1. The van der Waals surface area contributed by atoms with E-state index in [0.717, 1.165) is 30.9 Å². The minimum absolute atomic E-state index is 0.120. The lowest BCUT2D eigenvalue weighted by Gasteiger charge is -2.37. The van der Waals surface area contributed by atoms with Crippen molar-refractivity contribution in [3.8, 4) is 0 Å². The number of benzene rings is 1. The number of hydrogen-bond acceptors (Lipinski definition) is 4. The van der Waals surface area contributed by atoms with E-state index in [1.54, 1.807) is 6.20 Å². The molecule has 0 spiro atoms. The highest BCUT2D eigenvalue weighted by Crippen LogP contribution is 2.23. The molecular formula is C20H26N4O. The minimum Gasteiger partial charge on any atom is -0.314 e. The van der Waals surface area contributed by atoms with Gasteiger partial charge in [-0.3, -0.25) is 14.7 Å². The fraction of sp³-hybridized carbons (Fsp3) is 0.400. The zero-order valence-electron chi connectivity index (χ0n) is 14.9. The lowest BCUT2D eigenvalue weighted by atomic mass is 10.1. The van der Waals surface area contributed by atoms with Gasteiger partial charge in [-0.25, -0.2) is 0 Å². The maximum Gasteiger partial charge on any atom is 0.241 e. The number of carbonyl (C=O) groups is 1. The molecule has 5 heteroatoms. The van der Waals surface area contributed by atoms with Crippen LogP contribution >= 0.6 is 0 Å². The van der Waals surface area contributed by atoms with E-state index in [4.69, 9.17) is 0 Å². The topological polar surface area (TPSA) is 48.5 Å². The first-order chi connectivity index (χ1) is 12.2. The van der Waals surface area contributed by atoms with Gasteiger partial charge in [-0.1, -0.05) is 24.3 Å². The fourth-order valence-electron chi connectivity index (χ4n) is 3.41. The van der Waals surface area contributed by atoms with Gasteiger partial charge in [0, 0.05) is 49.8 Å². The number of amides is 1. The van der Waals surface area contributed by atoms with Crippen LogP contribution in [-0.4, -0.2) is 48.0 Å². The van der Waals surface area contributed by atoms with Gasteiger partial charge < -0.3 is 10.2 Å². The van der Waals surface area contributed by atoms with Crippen molar-refractivity contribution in [2.45, 2.75) is 25.9 Å². The van der Waals surface area contributed by atoms with Crippen molar-refractivity contribution in [2.75, 3.05) is 31.1 Å². The number of rotatable bonds is 5. The SMILES string of the molecule is CC(C)N(C(=O)CN1CCNCC1c1cccnc1)c1ccccc1. The Balaban J connectivity index is 1.77. The summed E-state index contributed by atoms with van der Waals surface area (Å²) in [6.07, 6.45) is 3.68. The highest BCUT2D eigenvalue weighted by Gasteiger charge is 2.28. The molecular weight excluding hydrogens is 312 g/mol. The average Bonchev–Trinajstić information content (AvgIpc) is 2.63. The van der Waals surface area contributed by atoms with Crippen molar-refractivity contribution >= 4 is 11.6 Å². The molecule has 0 radical (unpaired) electrons. The molecule has 1 aromatic heterocycles. The zero-order valence-corrected chi connectivity index (χ0v) is 14.9. The molecule has 3 rings (SSSR count). The number of para-hydroxylation sites is 1. The number of nitrogens with zero attached hydrogens (tertiary/aromatic N) is 3. The van der Waals surface area contributed by atoms with Gasteiger partial charge in [-0.2, -0.15) is 0 Å². The van der Waals surface area contributed by atoms with Crippen molar-refractivity contribution in [2.24, 2.45) is 0 Å². The number of carbonyl (C=O) groups excluding carboxylic acids is 1. The van der Waals surface area contributed by atoms with Gasteiger partial charge in [0.1, 0.15) is 0 Å². The van der Waals surface area contributed by atoms with Gasteiger partial charge >= 0.3 is 0 Å². The van der Waals surface area contributed by atoms with E-state index in [-0.39, 0.29) is 18.0 Å². The van der Waals surface area contributed by atoms with Crippen LogP contribution in [0.15, 0.2) is 54.9 Å². The van der Waals surface area contributed by atoms with Crippen LogP contribution in [0.3, 0.4) is 0 Å². The first kappa shape index (κ1) is 17.6. The summed E-state index contributed by atoms with van der Waals surface area (Å²) in [4.78, 5) is 21.5. The van der Waals surface area contributed by atoms with E-state index in [1.165, 1.54) is 0 Å². The summed E-state index contributed by atoms with van der Waals surface area (Å²) in [5, 5.41) is 3.43. The van der Waals surface area contributed by atoms with Crippen LogP contribution < -0.4 is 10.2 Å². The predicted octanol–water partition coefficient (Wildman–Crippen LogP) is 2.47. The first-order valence-corrected chi connectivity index (χ1v) is 8.88. The molecule has 1 aliphatic heterocycles. The van der Waals surface area contributed by atoms with Crippen molar-refractivity contribution < 1.29 is 4.79 Å². The molecule has 5 nitrogen and oxygen atoms in total. The molecule has 1 fully saturated rings. The van der Waals surface area contributed by atoms with E-state index in [9.17, 15) is 4.79 Å². The third-order valence-corrected chi connectivity index (χ3v) is 4.58. The number of aromatic nitrogens is 1. The average molecular weight is 338 g/mol. The van der Waals surface area contributed by atoms with E-state index in [1.807, 2.05) is 47.5 Å². The Morgan fingerprint density at radius 3 is 2.76 bits per heavy atom. The Bertz CT molecular complexity index is 675. The van der Waals surface area contributed by atoms with Gasteiger partial charge in [0.25, 0.3) is 0 Å². The van der Waals surface area contributed by atoms with Gasteiger partial charge in [0.2, 0.25) is 5.91 Å². The Labute approximate surface area is 149 Å². The van der Waals surface area contributed by atoms with Gasteiger partial charge in [-0.05, 0) is 37.6 Å². The first-order valence-electron chi connectivity index (χ1n) is 8.88. The van der Waals surface area contributed by atoms with Crippen molar-refractivity contribution in [1.82, 2.24) is 15.2 Å². The van der Waals surface area contributed by atoms with E-state index in [2.05, 4.69) is 35.1 Å². The Morgan fingerprint density at radius 1 is 1.28 bits per heavy atom. The molecule has 1 N–H and O–H groups in total. The lowest BCUT2D eigenvalue weighted by molar-refractivity contribution is -0.120. The predicted molar refractivity (Wildman–Crippen MR) is 100 cm³/mol. The van der Waals surface area contributed by atoms with Gasteiger partial charge in [0.05, 0.1) is 6.54 Å². The molecule has 2 aromatic rings. The summed E-state index contributed by atoms with van der Waals surface area (Å²) in [7, 11) is 0. The molecule has 1 atom stereocenters. The lowest BCUT2D eigenvalue weighted by Crippen LogP contribution is -2.51. The van der Waals surface area contributed by atoms with Crippen LogP contribution in [-0.2, 0) is 4.79 Å². The van der Waals surface area contributed by atoms with Crippen LogP contribution in [0, 0.1) is 0 Å². The molecule has 132 valence electrons. The quantitative estimate of drug-likeness (QED) is 0.910. The van der Waals surface area contributed by atoms with Crippen LogP contribution in [0.1, 0.15) is 25.5 Å². The highest BCUT2D eigenvalue weighted by molar-refractivity contribution is 5.95. The number of nitrogens with one attached hydrogen (secondary N) is 1. The fourth-order valence-corrected chi connectivity index (χ4v) is 3.41.